The molecule has 0 saturated carbocycles. The molecule has 0 aliphatic rings. The molecule has 6 nitrogen and oxygen atoms in total. The van der Waals surface area contributed by atoms with E-state index < -0.39 is 15.3 Å². The highest BCUT2D eigenvalue weighted by molar-refractivity contribution is 7.93. The Hall–Kier alpha value is -1.60. The minimum Gasteiger partial charge on any atom is -0.355 e. The van der Waals surface area contributed by atoms with Gasteiger partial charge < -0.3 is 11.1 Å². The second-order valence-corrected chi connectivity index (χ2v) is 6.00. The molecule has 1 rings (SSSR count). The Kier molecular flexibility index (Phi) is 5.31. The molecule has 0 spiro atoms. The van der Waals surface area contributed by atoms with E-state index in [0.29, 0.717) is 6.42 Å². The van der Waals surface area contributed by atoms with Crippen LogP contribution in [0, 0.1) is 0 Å². The lowest BCUT2D eigenvalue weighted by molar-refractivity contribution is 0.0964. The summed E-state index contributed by atoms with van der Waals surface area (Å²) in [6.45, 7) is 1.79. The molecule has 0 aliphatic heterocycles. The zero-order chi connectivity index (χ0) is 14.5. The zero-order valence-electron chi connectivity index (χ0n) is 11.0. The van der Waals surface area contributed by atoms with Crippen molar-refractivity contribution in [3.05, 3.63) is 29.8 Å². The van der Waals surface area contributed by atoms with Gasteiger partial charge in [0.2, 0.25) is 10.0 Å². The number of para-hydroxylation sites is 1. The SMILES string of the molecule is CCC(CN)S(=O)(=O)Nc1ccccc1C(=O)NC. The fourth-order valence-electron chi connectivity index (χ4n) is 1.65. The minimum atomic E-state index is -3.59. The maximum absolute atomic E-state index is 12.1. The topological polar surface area (TPSA) is 101 Å². The van der Waals surface area contributed by atoms with E-state index in [4.69, 9.17) is 5.73 Å². The zero-order valence-corrected chi connectivity index (χ0v) is 11.8. The number of nitrogens with one attached hydrogen (secondary N) is 2. The Morgan fingerprint density at radius 2 is 2.00 bits per heavy atom. The molecule has 1 aromatic carbocycles. The van der Waals surface area contributed by atoms with Crippen LogP contribution in [0.3, 0.4) is 0 Å². The first-order valence-corrected chi connectivity index (χ1v) is 7.53. The number of hydrogen-bond acceptors (Lipinski definition) is 4. The summed E-state index contributed by atoms with van der Waals surface area (Å²) in [5.41, 5.74) is 5.98. The largest absolute Gasteiger partial charge is 0.355 e. The van der Waals surface area contributed by atoms with Gasteiger partial charge in [-0.25, -0.2) is 8.42 Å². The van der Waals surface area contributed by atoms with Gasteiger partial charge in [0.05, 0.1) is 16.5 Å². The molecule has 0 radical (unpaired) electrons. The first kappa shape index (κ1) is 15.5. The summed E-state index contributed by atoms with van der Waals surface area (Å²) in [6, 6.07) is 6.43. The second kappa shape index (κ2) is 6.53. The number of carbonyl (C=O) groups excluding carboxylic acids is 1. The molecule has 0 heterocycles. The Bertz CT molecular complexity index is 539. The van der Waals surface area contributed by atoms with E-state index in [1.54, 1.807) is 31.2 Å². The van der Waals surface area contributed by atoms with Crippen molar-refractivity contribution in [2.24, 2.45) is 5.73 Å². The van der Waals surface area contributed by atoms with Crippen molar-refractivity contribution in [1.82, 2.24) is 5.32 Å². The molecule has 0 bridgehead atoms. The maximum atomic E-state index is 12.1. The van der Waals surface area contributed by atoms with Crippen LogP contribution in [0.25, 0.3) is 0 Å². The van der Waals surface area contributed by atoms with E-state index in [1.165, 1.54) is 7.05 Å². The van der Waals surface area contributed by atoms with Crippen molar-refractivity contribution < 1.29 is 13.2 Å². The summed E-state index contributed by atoms with van der Waals surface area (Å²) in [5.74, 6) is -0.348. The number of rotatable bonds is 6. The summed E-state index contributed by atoms with van der Waals surface area (Å²) < 4.78 is 26.6. The van der Waals surface area contributed by atoms with Gasteiger partial charge in [0.25, 0.3) is 5.91 Å². The smallest absolute Gasteiger partial charge is 0.253 e. The highest BCUT2D eigenvalue weighted by Crippen LogP contribution is 2.18. The second-order valence-electron chi connectivity index (χ2n) is 4.04. The lowest BCUT2D eigenvalue weighted by Gasteiger charge is -2.17. The number of benzene rings is 1. The normalized spacial score (nSPS) is 12.8. The van der Waals surface area contributed by atoms with Crippen LogP contribution >= 0.6 is 0 Å². The van der Waals surface area contributed by atoms with Crippen LogP contribution in [0.5, 0.6) is 0 Å². The Balaban J connectivity index is 3.09. The molecule has 1 atom stereocenters. The number of anilines is 1. The van der Waals surface area contributed by atoms with E-state index in [0.717, 1.165) is 0 Å². The van der Waals surface area contributed by atoms with Gasteiger partial charge in [0.1, 0.15) is 0 Å². The van der Waals surface area contributed by atoms with Gasteiger partial charge in [-0.2, -0.15) is 0 Å². The molecular weight excluding hydrogens is 266 g/mol. The third-order valence-electron chi connectivity index (χ3n) is 2.81. The van der Waals surface area contributed by atoms with Gasteiger partial charge in [-0.3, -0.25) is 9.52 Å². The molecule has 7 heteroatoms. The number of amides is 1. The van der Waals surface area contributed by atoms with Crippen LogP contribution in [0.4, 0.5) is 5.69 Å². The lowest BCUT2D eigenvalue weighted by atomic mass is 10.2. The molecule has 1 amide bonds. The van der Waals surface area contributed by atoms with Gasteiger partial charge in [-0.15, -0.1) is 0 Å². The van der Waals surface area contributed by atoms with E-state index >= 15 is 0 Å². The summed E-state index contributed by atoms with van der Waals surface area (Å²) in [6.07, 6.45) is 0.411. The average Bonchev–Trinajstić information content (AvgIpc) is 2.39. The van der Waals surface area contributed by atoms with Gasteiger partial charge in [-0.1, -0.05) is 19.1 Å². The number of hydrogen-bond donors (Lipinski definition) is 3. The molecule has 0 fully saturated rings. The molecule has 4 N–H and O–H groups in total. The molecule has 0 aromatic heterocycles. The fraction of sp³-hybridized carbons (Fsp3) is 0.417. The standard InChI is InChI=1S/C12H19N3O3S/c1-3-9(8-13)19(17,18)15-11-7-5-4-6-10(11)12(16)14-2/h4-7,9,15H,3,8,13H2,1-2H3,(H,14,16). The van der Waals surface area contributed by atoms with Crippen LogP contribution in [-0.2, 0) is 10.0 Å². The van der Waals surface area contributed by atoms with E-state index in [2.05, 4.69) is 10.0 Å². The summed E-state index contributed by atoms with van der Waals surface area (Å²) in [5, 5.41) is 1.79. The Morgan fingerprint density at radius 1 is 1.37 bits per heavy atom. The highest BCUT2D eigenvalue weighted by atomic mass is 32.2. The fourth-order valence-corrected chi connectivity index (χ4v) is 3.00. The number of sulfonamides is 1. The summed E-state index contributed by atoms with van der Waals surface area (Å²) >= 11 is 0. The third kappa shape index (κ3) is 3.68. The molecule has 0 aliphatic carbocycles. The van der Waals surface area contributed by atoms with Crippen LogP contribution in [0.2, 0.25) is 0 Å². The molecule has 0 saturated heterocycles. The van der Waals surface area contributed by atoms with Crippen LogP contribution in [-0.4, -0.2) is 33.2 Å². The van der Waals surface area contributed by atoms with Gasteiger partial charge in [0, 0.05) is 13.6 Å². The van der Waals surface area contributed by atoms with E-state index in [-0.39, 0.29) is 23.7 Å². The Morgan fingerprint density at radius 3 is 2.53 bits per heavy atom. The predicted molar refractivity (Wildman–Crippen MR) is 75.5 cm³/mol. The van der Waals surface area contributed by atoms with Crippen molar-refractivity contribution in [1.29, 1.82) is 0 Å². The van der Waals surface area contributed by atoms with Crippen molar-refractivity contribution in [3.63, 3.8) is 0 Å². The third-order valence-corrected chi connectivity index (χ3v) is 4.72. The monoisotopic (exact) mass is 285 g/mol. The molecule has 1 unspecified atom stereocenters. The van der Waals surface area contributed by atoms with E-state index in [1.807, 2.05) is 0 Å². The average molecular weight is 285 g/mol. The molecule has 1 aromatic rings. The van der Waals surface area contributed by atoms with Crippen LogP contribution in [0.15, 0.2) is 24.3 Å². The van der Waals surface area contributed by atoms with Crippen molar-refractivity contribution in [2.75, 3.05) is 18.3 Å². The van der Waals surface area contributed by atoms with Gasteiger partial charge in [0.15, 0.2) is 0 Å². The molecular formula is C12H19N3O3S. The quantitative estimate of drug-likeness (QED) is 0.709. The minimum absolute atomic E-state index is 0.0357. The van der Waals surface area contributed by atoms with Crippen molar-refractivity contribution in [2.45, 2.75) is 18.6 Å². The lowest BCUT2D eigenvalue weighted by Crippen LogP contribution is -2.34. The first-order chi connectivity index (χ1) is 8.96. The summed E-state index contributed by atoms with van der Waals surface area (Å²) in [7, 11) is -2.11. The predicted octanol–water partition coefficient (Wildman–Crippen LogP) is 0.525. The van der Waals surface area contributed by atoms with Crippen molar-refractivity contribution in [3.8, 4) is 0 Å². The van der Waals surface area contributed by atoms with Crippen LogP contribution < -0.4 is 15.8 Å². The van der Waals surface area contributed by atoms with Crippen molar-refractivity contribution >= 4 is 21.6 Å². The highest BCUT2D eigenvalue weighted by Gasteiger charge is 2.23. The molecule has 19 heavy (non-hydrogen) atoms. The van der Waals surface area contributed by atoms with E-state index in [9.17, 15) is 13.2 Å². The maximum Gasteiger partial charge on any atom is 0.253 e. The first-order valence-electron chi connectivity index (χ1n) is 5.99. The Labute approximate surface area is 113 Å². The van der Waals surface area contributed by atoms with Gasteiger partial charge >= 0.3 is 0 Å². The number of carbonyl (C=O) groups is 1. The summed E-state index contributed by atoms with van der Waals surface area (Å²) in [4.78, 5) is 11.7. The number of nitrogens with two attached hydrogens (primary N) is 1. The van der Waals surface area contributed by atoms with Gasteiger partial charge in [-0.05, 0) is 18.6 Å². The molecule has 106 valence electrons. The van der Waals surface area contributed by atoms with Crippen LogP contribution in [0.1, 0.15) is 23.7 Å².